The lowest BCUT2D eigenvalue weighted by atomic mass is 10.4. The molecule has 0 aliphatic rings. The molecule has 0 aromatic rings. The van der Waals surface area contributed by atoms with E-state index in [0.717, 1.165) is 12.2 Å². The highest BCUT2D eigenvalue weighted by Gasteiger charge is 2.21. The number of unbranched alkanes of at least 4 members (excludes halogenated alkanes) is 1. The van der Waals surface area contributed by atoms with Gasteiger partial charge in [-0.3, -0.25) is 0 Å². The molecule has 0 fully saturated rings. The van der Waals surface area contributed by atoms with Gasteiger partial charge >= 0.3 is 0 Å². The first-order valence-electron chi connectivity index (χ1n) is 4.96. The second-order valence-corrected chi connectivity index (χ2v) is 6.97. The normalized spacial score (nSPS) is 14.5. The molecule has 0 N–H and O–H groups in total. The van der Waals surface area contributed by atoms with Crippen LogP contribution < -0.4 is 0 Å². The summed E-state index contributed by atoms with van der Waals surface area (Å²) in [6, 6.07) is 0.0565. The maximum absolute atomic E-state index is 11.8. The predicted octanol–water partition coefficient (Wildman–Crippen LogP) is 2.02. The largest absolute Gasteiger partial charge is 0.214 e. The van der Waals surface area contributed by atoms with Crippen molar-refractivity contribution in [2.75, 3.05) is 30.7 Å². The quantitative estimate of drug-likeness (QED) is 0.502. The third kappa shape index (κ3) is 6.00. The molecule has 0 bridgehead atoms. The highest BCUT2D eigenvalue weighted by atomic mass is 35.5. The first-order chi connectivity index (χ1) is 6.95. The van der Waals surface area contributed by atoms with Gasteiger partial charge in [-0.15, -0.1) is 11.6 Å². The minimum atomic E-state index is -3.09. The molecule has 6 heteroatoms. The van der Waals surface area contributed by atoms with Gasteiger partial charge in [0.1, 0.15) is 0 Å². The molecule has 0 aromatic carbocycles. The van der Waals surface area contributed by atoms with Crippen LogP contribution in [0.1, 0.15) is 19.8 Å². The molecule has 0 rings (SSSR count). The molecule has 0 amide bonds. The highest BCUT2D eigenvalue weighted by Crippen LogP contribution is 2.10. The summed E-state index contributed by atoms with van der Waals surface area (Å²) < 4.78 is 25.1. The van der Waals surface area contributed by atoms with Crippen LogP contribution in [0.5, 0.6) is 0 Å². The van der Waals surface area contributed by atoms with Crippen LogP contribution in [0.2, 0.25) is 0 Å². The van der Waals surface area contributed by atoms with Crippen LogP contribution in [0.4, 0.5) is 0 Å². The molecule has 15 heavy (non-hydrogen) atoms. The second-order valence-electron chi connectivity index (χ2n) is 3.53. The standard InChI is InChI=1S/C9H20ClNO2S2/c1-9(8-14-3)11(2)15(12,13)7-5-4-6-10/h9H,4-8H2,1-3H3. The number of halogens is 1. The molecular weight excluding hydrogens is 254 g/mol. The van der Waals surface area contributed by atoms with Gasteiger partial charge in [0, 0.05) is 24.7 Å². The Morgan fingerprint density at radius 2 is 2.00 bits per heavy atom. The van der Waals surface area contributed by atoms with Crippen LogP contribution in [0.3, 0.4) is 0 Å². The number of rotatable bonds is 8. The average molecular weight is 274 g/mol. The Morgan fingerprint density at radius 1 is 1.40 bits per heavy atom. The first-order valence-corrected chi connectivity index (χ1v) is 8.50. The van der Waals surface area contributed by atoms with Crippen molar-refractivity contribution in [3.8, 4) is 0 Å². The van der Waals surface area contributed by atoms with Crippen LogP contribution in [0, 0.1) is 0 Å². The summed E-state index contributed by atoms with van der Waals surface area (Å²) in [5, 5.41) is 0. The van der Waals surface area contributed by atoms with E-state index in [9.17, 15) is 8.42 Å². The summed E-state index contributed by atoms with van der Waals surface area (Å²) in [6.07, 6.45) is 3.37. The predicted molar refractivity (Wildman–Crippen MR) is 69.3 cm³/mol. The molecule has 92 valence electrons. The van der Waals surface area contributed by atoms with Crippen LogP contribution in [-0.4, -0.2) is 49.5 Å². The molecule has 1 unspecified atom stereocenters. The molecule has 0 saturated heterocycles. The number of thioether (sulfide) groups is 1. The fraction of sp³-hybridized carbons (Fsp3) is 1.00. The zero-order valence-electron chi connectivity index (χ0n) is 9.57. The van der Waals surface area contributed by atoms with Gasteiger partial charge in [0.25, 0.3) is 0 Å². The van der Waals surface area contributed by atoms with Crippen molar-refractivity contribution in [2.45, 2.75) is 25.8 Å². The SMILES string of the molecule is CSCC(C)N(C)S(=O)(=O)CCCCCl. The molecular formula is C9H20ClNO2S2. The molecule has 0 aliphatic heterocycles. The summed E-state index contributed by atoms with van der Waals surface area (Å²) in [4.78, 5) is 0. The molecule has 0 aromatic heterocycles. The number of nitrogens with zero attached hydrogens (tertiary/aromatic N) is 1. The minimum Gasteiger partial charge on any atom is -0.212 e. The smallest absolute Gasteiger partial charge is 0.212 e. The summed E-state index contributed by atoms with van der Waals surface area (Å²) in [7, 11) is -1.44. The van der Waals surface area contributed by atoms with E-state index in [0.29, 0.717) is 12.3 Å². The third-order valence-electron chi connectivity index (χ3n) is 2.25. The van der Waals surface area contributed by atoms with Crippen LogP contribution in [0.25, 0.3) is 0 Å². The molecule has 0 radical (unpaired) electrons. The topological polar surface area (TPSA) is 37.4 Å². The van der Waals surface area contributed by atoms with Crippen LogP contribution in [0.15, 0.2) is 0 Å². The molecule has 0 saturated carbocycles. The van der Waals surface area contributed by atoms with Gasteiger partial charge in [-0.25, -0.2) is 12.7 Å². The van der Waals surface area contributed by atoms with E-state index in [4.69, 9.17) is 11.6 Å². The maximum atomic E-state index is 11.8. The number of hydrogen-bond acceptors (Lipinski definition) is 3. The van der Waals surface area contributed by atoms with E-state index in [1.54, 1.807) is 18.8 Å². The van der Waals surface area contributed by atoms with E-state index >= 15 is 0 Å². The molecule has 0 heterocycles. The summed E-state index contributed by atoms with van der Waals surface area (Å²) in [6.45, 7) is 1.93. The van der Waals surface area contributed by atoms with E-state index in [-0.39, 0.29) is 11.8 Å². The molecule has 1 atom stereocenters. The summed E-state index contributed by atoms with van der Waals surface area (Å²) in [5.74, 6) is 1.56. The maximum Gasteiger partial charge on any atom is 0.214 e. The number of sulfonamides is 1. The Bertz CT molecular complexity index is 257. The van der Waals surface area contributed by atoms with Crippen molar-refractivity contribution in [3.63, 3.8) is 0 Å². The lowest BCUT2D eigenvalue weighted by Gasteiger charge is -2.23. The molecule has 3 nitrogen and oxygen atoms in total. The van der Waals surface area contributed by atoms with Crippen molar-refractivity contribution in [1.29, 1.82) is 0 Å². The Morgan fingerprint density at radius 3 is 2.47 bits per heavy atom. The first kappa shape index (κ1) is 15.6. The van der Waals surface area contributed by atoms with E-state index < -0.39 is 10.0 Å². The van der Waals surface area contributed by atoms with E-state index in [1.807, 2.05) is 13.2 Å². The van der Waals surface area contributed by atoms with Gasteiger partial charge in [-0.2, -0.15) is 11.8 Å². The fourth-order valence-corrected chi connectivity index (χ4v) is 3.61. The van der Waals surface area contributed by atoms with Crippen molar-refractivity contribution in [1.82, 2.24) is 4.31 Å². The third-order valence-corrected chi connectivity index (χ3v) is 5.38. The van der Waals surface area contributed by atoms with E-state index in [2.05, 4.69) is 0 Å². The zero-order chi connectivity index (χ0) is 11.9. The second kappa shape index (κ2) is 7.76. The average Bonchev–Trinajstić information content (AvgIpc) is 2.17. The Balaban J connectivity index is 4.19. The van der Waals surface area contributed by atoms with Gasteiger partial charge in [0.15, 0.2) is 0 Å². The highest BCUT2D eigenvalue weighted by molar-refractivity contribution is 7.98. The Labute approximate surface area is 103 Å². The van der Waals surface area contributed by atoms with Crippen LogP contribution >= 0.6 is 23.4 Å². The Hall–Kier alpha value is 0.550. The van der Waals surface area contributed by atoms with Crippen molar-refractivity contribution in [2.24, 2.45) is 0 Å². The fourth-order valence-electron chi connectivity index (χ4n) is 1.14. The summed E-state index contributed by atoms with van der Waals surface area (Å²) in [5.41, 5.74) is 0. The van der Waals surface area contributed by atoms with Gasteiger partial charge in [-0.1, -0.05) is 0 Å². The summed E-state index contributed by atoms with van der Waals surface area (Å²) >= 11 is 7.17. The molecule has 0 aliphatic carbocycles. The monoisotopic (exact) mass is 273 g/mol. The van der Waals surface area contributed by atoms with Crippen LogP contribution in [-0.2, 0) is 10.0 Å². The molecule has 0 spiro atoms. The van der Waals surface area contributed by atoms with Gasteiger partial charge in [0.05, 0.1) is 5.75 Å². The lowest BCUT2D eigenvalue weighted by Crippen LogP contribution is -2.38. The van der Waals surface area contributed by atoms with Crippen molar-refractivity contribution < 1.29 is 8.42 Å². The van der Waals surface area contributed by atoms with E-state index in [1.165, 1.54) is 4.31 Å². The van der Waals surface area contributed by atoms with Gasteiger partial charge < -0.3 is 0 Å². The number of hydrogen-bond donors (Lipinski definition) is 0. The van der Waals surface area contributed by atoms with Crippen molar-refractivity contribution in [3.05, 3.63) is 0 Å². The Kier molecular flexibility index (Phi) is 8.05. The van der Waals surface area contributed by atoms with Crippen molar-refractivity contribution >= 4 is 33.4 Å². The minimum absolute atomic E-state index is 0.0565. The number of alkyl halides is 1. The van der Waals surface area contributed by atoms with Gasteiger partial charge in [0.2, 0.25) is 10.0 Å². The zero-order valence-corrected chi connectivity index (χ0v) is 12.0. The lowest BCUT2D eigenvalue weighted by molar-refractivity contribution is 0.414. The van der Waals surface area contributed by atoms with Gasteiger partial charge in [-0.05, 0) is 26.0 Å².